The largest absolute Gasteiger partial charge is 0.481 e. The monoisotopic (exact) mass is 425 g/mol. The number of aliphatic carboxylic acids is 1. The third-order valence-corrected chi connectivity index (χ3v) is 5.63. The molecule has 1 rings (SSSR count). The fraction of sp³-hybridized carbons (Fsp3) is 0.880. The zero-order valence-corrected chi connectivity index (χ0v) is 20.0. The van der Waals surface area contributed by atoms with Gasteiger partial charge in [0.05, 0.1) is 6.17 Å². The molecule has 0 bridgehead atoms. The average Bonchev–Trinajstić information content (AvgIpc) is 3.14. The Kier molecular flexibility index (Phi) is 22.1. The van der Waals surface area contributed by atoms with E-state index in [0.717, 1.165) is 26.6 Å². The Hall–Kier alpha value is -0.910. The van der Waals surface area contributed by atoms with Gasteiger partial charge in [0.15, 0.2) is 0 Å². The van der Waals surface area contributed by atoms with Crippen LogP contribution >= 0.6 is 0 Å². The van der Waals surface area contributed by atoms with Crippen LogP contribution in [0.25, 0.3) is 0 Å². The van der Waals surface area contributed by atoms with E-state index in [2.05, 4.69) is 29.3 Å². The Balaban J connectivity index is 0.00000192. The van der Waals surface area contributed by atoms with Crippen LogP contribution in [0, 0.1) is 0 Å². The minimum atomic E-state index is -0.833. The molecular formula is C25H51N3O2. The van der Waals surface area contributed by atoms with Crippen molar-refractivity contribution in [1.29, 1.82) is 0 Å². The maximum atomic E-state index is 9.00. The molecule has 0 aromatic carbocycles. The van der Waals surface area contributed by atoms with Crippen molar-refractivity contribution in [2.75, 3.05) is 26.2 Å². The van der Waals surface area contributed by atoms with Gasteiger partial charge in [0.1, 0.15) is 0 Å². The second kappa shape index (κ2) is 22.8. The lowest BCUT2D eigenvalue weighted by Crippen LogP contribution is -2.38. The van der Waals surface area contributed by atoms with E-state index in [4.69, 9.17) is 15.6 Å². The molecule has 30 heavy (non-hydrogen) atoms. The van der Waals surface area contributed by atoms with Crippen LogP contribution in [0.2, 0.25) is 0 Å². The van der Waals surface area contributed by atoms with E-state index in [1.807, 2.05) is 0 Å². The Morgan fingerprint density at radius 2 is 1.47 bits per heavy atom. The van der Waals surface area contributed by atoms with Crippen LogP contribution in [0.5, 0.6) is 0 Å². The van der Waals surface area contributed by atoms with Crippen molar-refractivity contribution in [2.45, 2.75) is 116 Å². The molecule has 0 aliphatic carbocycles. The highest BCUT2D eigenvalue weighted by Crippen LogP contribution is 2.14. The molecule has 5 nitrogen and oxygen atoms in total. The van der Waals surface area contributed by atoms with Gasteiger partial charge in [-0.05, 0) is 32.1 Å². The molecule has 0 amide bonds. The molecule has 1 unspecified atom stereocenters. The highest BCUT2D eigenvalue weighted by atomic mass is 16.4. The van der Waals surface area contributed by atoms with Gasteiger partial charge in [0.25, 0.3) is 5.97 Å². The summed E-state index contributed by atoms with van der Waals surface area (Å²) in [6.45, 7) is 7.51. The number of carboxylic acid groups (broad SMARTS) is 1. The molecule has 0 aromatic heterocycles. The van der Waals surface area contributed by atoms with Gasteiger partial charge in [0.2, 0.25) is 0 Å². The van der Waals surface area contributed by atoms with Crippen LogP contribution < -0.4 is 11.1 Å². The molecule has 0 radical (unpaired) electrons. The summed E-state index contributed by atoms with van der Waals surface area (Å²) in [6.07, 6.45) is 26.1. The van der Waals surface area contributed by atoms with Crippen LogP contribution in [-0.2, 0) is 4.79 Å². The van der Waals surface area contributed by atoms with Crippen LogP contribution in [-0.4, -0.2) is 48.3 Å². The van der Waals surface area contributed by atoms with Crippen molar-refractivity contribution in [1.82, 2.24) is 10.2 Å². The zero-order valence-electron chi connectivity index (χ0n) is 20.0. The molecule has 1 saturated heterocycles. The number of unbranched alkanes of at least 4 members (excludes halogenated alkanes) is 12. The number of nitrogens with one attached hydrogen (secondary N) is 1. The Morgan fingerprint density at radius 1 is 0.967 bits per heavy atom. The lowest BCUT2D eigenvalue weighted by molar-refractivity contribution is -0.134. The minimum Gasteiger partial charge on any atom is -0.481 e. The van der Waals surface area contributed by atoms with Crippen molar-refractivity contribution in [3.05, 3.63) is 12.2 Å². The first-order valence-corrected chi connectivity index (χ1v) is 12.6. The molecule has 4 N–H and O–H groups in total. The van der Waals surface area contributed by atoms with Crippen molar-refractivity contribution in [3.63, 3.8) is 0 Å². The van der Waals surface area contributed by atoms with E-state index < -0.39 is 5.97 Å². The molecule has 1 atom stereocenters. The van der Waals surface area contributed by atoms with E-state index in [1.54, 1.807) is 0 Å². The molecular weight excluding hydrogens is 374 g/mol. The summed E-state index contributed by atoms with van der Waals surface area (Å²) in [5.74, 6) is -0.833. The smallest absolute Gasteiger partial charge is 0.300 e. The summed E-state index contributed by atoms with van der Waals surface area (Å²) in [6, 6.07) is 0. The number of carboxylic acids is 1. The van der Waals surface area contributed by atoms with Crippen LogP contribution in [0.1, 0.15) is 110 Å². The van der Waals surface area contributed by atoms with Gasteiger partial charge in [-0.2, -0.15) is 0 Å². The number of carbonyl (C=O) groups is 1. The number of hydrogen-bond acceptors (Lipinski definition) is 4. The fourth-order valence-electron chi connectivity index (χ4n) is 3.96. The number of nitrogens with two attached hydrogens (primary N) is 1. The number of hydrogen-bond donors (Lipinski definition) is 3. The van der Waals surface area contributed by atoms with E-state index in [-0.39, 0.29) is 0 Å². The Labute approximate surface area is 186 Å². The third-order valence-electron chi connectivity index (χ3n) is 5.63. The summed E-state index contributed by atoms with van der Waals surface area (Å²) in [5.41, 5.74) is 5.69. The summed E-state index contributed by atoms with van der Waals surface area (Å²) < 4.78 is 0. The first-order valence-electron chi connectivity index (χ1n) is 12.6. The maximum absolute atomic E-state index is 9.00. The minimum absolute atomic E-state index is 0.593. The molecule has 1 aliphatic heterocycles. The highest BCUT2D eigenvalue weighted by Gasteiger charge is 2.21. The Bertz CT molecular complexity index is 398. The molecule has 1 fully saturated rings. The lowest BCUT2D eigenvalue weighted by Gasteiger charge is -2.23. The van der Waals surface area contributed by atoms with E-state index in [0.29, 0.717) is 6.17 Å². The van der Waals surface area contributed by atoms with Crippen LogP contribution in [0.15, 0.2) is 12.2 Å². The standard InChI is InChI=1S/C23H47N3.C2H4O2/c1-2-3-4-5-6-7-8-9-10-11-12-13-14-15-16-17-18-23-25-20-22-26(23)21-19-24;1-2(3)4/h9-10,23,25H,2-8,11-22,24H2,1H3;1H3,(H,3,4)/b10-9-;. The molecule has 1 aliphatic rings. The van der Waals surface area contributed by atoms with Crippen molar-refractivity contribution < 1.29 is 9.90 Å². The first kappa shape index (κ1) is 29.1. The number of rotatable bonds is 18. The van der Waals surface area contributed by atoms with E-state index >= 15 is 0 Å². The summed E-state index contributed by atoms with van der Waals surface area (Å²) in [5, 5.41) is 11.0. The van der Waals surface area contributed by atoms with Gasteiger partial charge in [0, 0.05) is 33.1 Å². The SMILES string of the molecule is CC(=O)O.CCCCCCCC/C=C\CCCCCCCCC1NCCN1CCN. The zero-order chi connectivity index (χ0) is 22.3. The fourth-order valence-corrected chi connectivity index (χ4v) is 3.96. The molecule has 0 spiro atoms. The topological polar surface area (TPSA) is 78.6 Å². The predicted molar refractivity (Wildman–Crippen MR) is 130 cm³/mol. The summed E-state index contributed by atoms with van der Waals surface area (Å²) in [7, 11) is 0. The number of nitrogens with zero attached hydrogens (tertiary/aromatic N) is 1. The van der Waals surface area contributed by atoms with Crippen LogP contribution in [0.3, 0.4) is 0 Å². The molecule has 178 valence electrons. The molecule has 1 heterocycles. The van der Waals surface area contributed by atoms with E-state index in [9.17, 15) is 0 Å². The van der Waals surface area contributed by atoms with Gasteiger partial charge in [-0.1, -0.05) is 83.3 Å². The third kappa shape index (κ3) is 20.4. The summed E-state index contributed by atoms with van der Waals surface area (Å²) in [4.78, 5) is 11.5. The van der Waals surface area contributed by atoms with Gasteiger partial charge in [-0.3, -0.25) is 9.69 Å². The van der Waals surface area contributed by atoms with Crippen molar-refractivity contribution in [3.8, 4) is 0 Å². The van der Waals surface area contributed by atoms with Crippen LogP contribution in [0.4, 0.5) is 0 Å². The van der Waals surface area contributed by atoms with E-state index in [1.165, 1.54) is 103 Å². The summed E-state index contributed by atoms with van der Waals surface area (Å²) >= 11 is 0. The van der Waals surface area contributed by atoms with Crippen molar-refractivity contribution in [2.24, 2.45) is 5.73 Å². The van der Waals surface area contributed by atoms with Crippen molar-refractivity contribution >= 4 is 5.97 Å². The second-order valence-electron chi connectivity index (χ2n) is 8.54. The second-order valence-corrected chi connectivity index (χ2v) is 8.54. The average molecular weight is 426 g/mol. The maximum Gasteiger partial charge on any atom is 0.300 e. The van der Waals surface area contributed by atoms with Gasteiger partial charge >= 0.3 is 0 Å². The molecule has 5 heteroatoms. The molecule has 0 saturated carbocycles. The first-order chi connectivity index (χ1) is 14.6. The predicted octanol–water partition coefficient (Wildman–Crippen LogP) is 5.69. The highest BCUT2D eigenvalue weighted by molar-refractivity contribution is 5.62. The van der Waals surface area contributed by atoms with Gasteiger partial charge < -0.3 is 16.2 Å². The van der Waals surface area contributed by atoms with Gasteiger partial charge in [-0.15, -0.1) is 0 Å². The lowest BCUT2D eigenvalue weighted by atomic mass is 10.1. The molecule has 0 aromatic rings. The normalized spacial score (nSPS) is 16.7. The quantitative estimate of drug-likeness (QED) is 0.194. The Morgan fingerprint density at radius 3 is 2.00 bits per heavy atom. The van der Waals surface area contributed by atoms with Gasteiger partial charge in [-0.25, -0.2) is 0 Å². The number of allylic oxidation sites excluding steroid dienone is 2.